The Morgan fingerprint density at radius 1 is 1.41 bits per heavy atom. The molecule has 120 valence electrons. The van der Waals surface area contributed by atoms with E-state index in [0.29, 0.717) is 6.04 Å². The average Bonchev–Trinajstić information content (AvgIpc) is 3.17. The smallest absolute Gasteiger partial charge is 0.0638 e. The molecule has 22 heavy (non-hydrogen) atoms. The number of nitrogens with zero attached hydrogens (tertiary/aromatic N) is 2. The Morgan fingerprint density at radius 2 is 2.23 bits per heavy atom. The van der Waals surface area contributed by atoms with Gasteiger partial charge in [-0.3, -0.25) is 10.00 Å². The summed E-state index contributed by atoms with van der Waals surface area (Å²) in [7, 11) is 0. The van der Waals surface area contributed by atoms with E-state index >= 15 is 0 Å². The van der Waals surface area contributed by atoms with Crippen LogP contribution >= 0.6 is 11.3 Å². The fourth-order valence-electron chi connectivity index (χ4n) is 2.95. The highest BCUT2D eigenvalue weighted by atomic mass is 32.1. The molecule has 3 rings (SSSR count). The Hall–Kier alpha value is -1.21. The summed E-state index contributed by atoms with van der Waals surface area (Å²) in [5.41, 5.74) is 3.53. The lowest BCUT2D eigenvalue weighted by atomic mass is 10.1. The van der Waals surface area contributed by atoms with Crippen LogP contribution in [0.5, 0.6) is 0 Å². The molecule has 3 heterocycles. The second kappa shape index (κ2) is 7.37. The first-order valence-electron chi connectivity index (χ1n) is 7.82. The second-order valence-corrected chi connectivity index (χ2v) is 6.70. The van der Waals surface area contributed by atoms with Gasteiger partial charge in [0.15, 0.2) is 0 Å². The van der Waals surface area contributed by atoms with Gasteiger partial charge in [0.1, 0.15) is 0 Å². The zero-order chi connectivity index (χ0) is 15.4. The number of morpholine rings is 1. The zero-order valence-electron chi connectivity index (χ0n) is 13.3. The van der Waals surface area contributed by atoms with Crippen LogP contribution in [-0.4, -0.2) is 47.9 Å². The molecular formula is C16H24N4OS. The largest absolute Gasteiger partial charge is 0.379 e. The maximum atomic E-state index is 5.49. The lowest BCUT2D eigenvalue weighted by Gasteiger charge is -2.34. The number of rotatable bonds is 6. The van der Waals surface area contributed by atoms with Gasteiger partial charge in [-0.1, -0.05) is 6.07 Å². The third-order valence-corrected chi connectivity index (χ3v) is 5.25. The SMILES string of the molecule is Cc1n[nH]c(C)c1CNC[C@H](c1cccs1)N1CCOCC1. The van der Waals surface area contributed by atoms with Crippen molar-refractivity contribution < 1.29 is 4.74 Å². The Bertz CT molecular complexity index is 555. The fourth-order valence-corrected chi connectivity index (χ4v) is 3.81. The van der Waals surface area contributed by atoms with Crippen LogP contribution in [0.25, 0.3) is 0 Å². The molecule has 0 unspecified atom stereocenters. The molecule has 1 atom stereocenters. The lowest BCUT2D eigenvalue weighted by Crippen LogP contribution is -2.42. The van der Waals surface area contributed by atoms with E-state index < -0.39 is 0 Å². The van der Waals surface area contributed by atoms with Gasteiger partial charge in [-0.15, -0.1) is 11.3 Å². The van der Waals surface area contributed by atoms with Crippen LogP contribution in [0.2, 0.25) is 0 Å². The quantitative estimate of drug-likeness (QED) is 0.857. The first kappa shape index (κ1) is 15.7. The second-order valence-electron chi connectivity index (χ2n) is 5.72. The van der Waals surface area contributed by atoms with Crippen LogP contribution in [-0.2, 0) is 11.3 Å². The van der Waals surface area contributed by atoms with Crippen molar-refractivity contribution in [2.24, 2.45) is 0 Å². The van der Waals surface area contributed by atoms with Gasteiger partial charge in [-0.2, -0.15) is 5.10 Å². The first-order chi connectivity index (χ1) is 10.8. The first-order valence-corrected chi connectivity index (χ1v) is 8.70. The minimum Gasteiger partial charge on any atom is -0.379 e. The third-order valence-electron chi connectivity index (χ3n) is 4.28. The van der Waals surface area contributed by atoms with E-state index in [1.807, 2.05) is 11.3 Å². The molecule has 2 aromatic heterocycles. The van der Waals surface area contributed by atoms with E-state index in [4.69, 9.17) is 4.74 Å². The topological polar surface area (TPSA) is 53.2 Å². The van der Waals surface area contributed by atoms with Crippen molar-refractivity contribution in [1.29, 1.82) is 0 Å². The summed E-state index contributed by atoms with van der Waals surface area (Å²) >= 11 is 1.84. The van der Waals surface area contributed by atoms with Crippen molar-refractivity contribution in [3.8, 4) is 0 Å². The van der Waals surface area contributed by atoms with Gasteiger partial charge < -0.3 is 10.1 Å². The number of ether oxygens (including phenoxy) is 1. The van der Waals surface area contributed by atoms with Gasteiger partial charge in [-0.05, 0) is 25.3 Å². The van der Waals surface area contributed by atoms with Gasteiger partial charge in [0.2, 0.25) is 0 Å². The van der Waals surface area contributed by atoms with Crippen molar-refractivity contribution in [3.05, 3.63) is 39.3 Å². The Balaban J connectivity index is 1.63. The summed E-state index contributed by atoms with van der Waals surface area (Å²) < 4.78 is 5.49. The molecule has 0 saturated carbocycles. The van der Waals surface area contributed by atoms with Crippen LogP contribution in [0.15, 0.2) is 17.5 Å². The van der Waals surface area contributed by atoms with E-state index in [0.717, 1.165) is 50.8 Å². The summed E-state index contributed by atoms with van der Waals surface area (Å²) in [6, 6.07) is 4.80. The Morgan fingerprint density at radius 3 is 2.86 bits per heavy atom. The molecule has 2 N–H and O–H groups in total. The van der Waals surface area contributed by atoms with E-state index in [1.54, 1.807) is 0 Å². The van der Waals surface area contributed by atoms with Crippen LogP contribution in [0, 0.1) is 13.8 Å². The van der Waals surface area contributed by atoms with E-state index in [2.05, 4.69) is 51.8 Å². The third kappa shape index (κ3) is 3.57. The summed E-state index contributed by atoms with van der Waals surface area (Å²) in [5.74, 6) is 0. The highest BCUT2D eigenvalue weighted by molar-refractivity contribution is 7.10. The summed E-state index contributed by atoms with van der Waals surface area (Å²) in [5, 5.41) is 13.1. The van der Waals surface area contributed by atoms with Gasteiger partial charge >= 0.3 is 0 Å². The average molecular weight is 320 g/mol. The number of nitrogens with one attached hydrogen (secondary N) is 2. The highest BCUT2D eigenvalue weighted by Gasteiger charge is 2.23. The molecule has 0 aliphatic carbocycles. The molecule has 0 amide bonds. The molecule has 1 aliphatic rings. The van der Waals surface area contributed by atoms with E-state index in [9.17, 15) is 0 Å². The predicted molar refractivity (Wildman–Crippen MR) is 89.2 cm³/mol. The standard InChI is InChI=1S/C16H24N4OS/c1-12-14(13(2)19-18-12)10-17-11-15(16-4-3-9-22-16)20-5-7-21-8-6-20/h3-4,9,15,17H,5-8,10-11H2,1-2H3,(H,18,19)/t15-/m1/s1. The van der Waals surface area contributed by atoms with E-state index in [-0.39, 0.29) is 0 Å². The highest BCUT2D eigenvalue weighted by Crippen LogP contribution is 2.25. The number of thiophene rings is 1. The van der Waals surface area contributed by atoms with Crippen molar-refractivity contribution >= 4 is 11.3 Å². The zero-order valence-corrected chi connectivity index (χ0v) is 14.1. The summed E-state index contributed by atoms with van der Waals surface area (Å²) in [6.45, 7) is 9.63. The summed E-state index contributed by atoms with van der Waals surface area (Å²) in [4.78, 5) is 3.95. The van der Waals surface area contributed by atoms with Crippen molar-refractivity contribution in [1.82, 2.24) is 20.4 Å². The maximum absolute atomic E-state index is 5.49. The number of hydrogen-bond donors (Lipinski definition) is 2. The van der Waals surface area contributed by atoms with Gasteiger partial charge in [0.25, 0.3) is 0 Å². The normalized spacial score (nSPS) is 17.7. The molecule has 2 aromatic rings. The molecule has 6 heteroatoms. The minimum absolute atomic E-state index is 0.427. The molecule has 1 saturated heterocycles. The van der Waals surface area contributed by atoms with Crippen LogP contribution in [0.1, 0.15) is 27.9 Å². The molecule has 1 fully saturated rings. The van der Waals surface area contributed by atoms with Crippen LogP contribution in [0.4, 0.5) is 0 Å². The Kier molecular flexibility index (Phi) is 5.25. The number of H-pyrrole nitrogens is 1. The number of aromatic amines is 1. The molecular weight excluding hydrogens is 296 g/mol. The monoisotopic (exact) mass is 320 g/mol. The van der Waals surface area contributed by atoms with Crippen molar-refractivity contribution in [2.75, 3.05) is 32.8 Å². The van der Waals surface area contributed by atoms with Gasteiger partial charge in [0.05, 0.1) is 24.9 Å². The molecule has 0 spiro atoms. The maximum Gasteiger partial charge on any atom is 0.0638 e. The van der Waals surface area contributed by atoms with Gasteiger partial charge in [-0.25, -0.2) is 0 Å². The molecule has 1 aliphatic heterocycles. The van der Waals surface area contributed by atoms with Crippen molar-refractivity contribution in [3.63, 3.8) is 0 Å². The number of hydrogen-bond acceptors (Lipinski definition) is 5. The Labute approximate surface area is 135 Å². The number of aryl methyl sites for hydroxylation is 2. The molecule has 0 radical (unpaired) electrons. The molecule has 5 nitrogen and oxygen atoms in total. The van der Waals surface area contributed by atoms with Crippen LogP contribution in [0.3, 0.4) is 0 Å². The molecule has 0 aromatic carbocycles. The van der Waals surface area contributed by atoms with Crippen LogP contribution < -0.4 is 5.32 Å². The lowest BCUT2D eigenvalue weighted by molar-refractivity contribution is 0.0168. The van der Waals surface area contributed by atoms with Crippen molar-refractivity contribution in [2.45, 2.75) is 26.4 Å². The minimum atomic E-state index is 0.427. The fraction of sp³-hybridized carbons (Fsp3) is 0.562. The molecule has 0 bridgehead atoms. The predicted octanol–water partition coefficient (Wildman–Crippen LogP) is 2.25. The van der Waals surface area contributed by atoms with Gasteiger partial charge in [0, 0.05) is 42.3 Å². The number of aromatic nitrogens is 2. The summed E-state index contributed by atoms with van der Waals surface area (Å²) in [6.07, 6.45) is 0. The van der Waals surface area contributed by atoms with E-state index in [1.165, 1.54) is 10.4 Å².